The highest BCUT2D eigenvalue weighted by Crippen LogP contribution is 2.25. The van der Waals surface area contributed by atoms with E-state index in [4.69, 9.17) is 0 Å². The zero-order valence-electron chi connectivity index (χ0n) is 27.5. The molecular weight excluding hydrogens is 576 g/mol. The minimum atomic E-state index is 0.537. The highest BCUT2D eigenvalue weighted by atomic mass is 14.9. The normalized spacial score (nSPS) is 13.7. The molecule has 2 aromatic heterocycles. The fraction of sp³-hybridized carbons (Fsp3) is 0.268. The van der Waals surface area contributed by atoms with E-state index in [0.717, 1.165) is 53.7 Å². The second kappa shape index (κ2) is 16.2. The summed E-state index contributed by atoms with van der Waals surface area (Å²) in [4.78, 5) is 15.9. The molecular formula is C41H46N6. The Balaban J connectivity index is 0.000000165. The second-order valence-electron chi connectivity index (χ2n) is 12.5. The average Bonchev–Trinajstić information content (AvgIpc) is 3.94. The molecule has 1 atom stereocenters. The van der Waals surface area contributed by atoms with Gasteiger partial charge in [-0.05, 0) is 60.6 Å². The van der Waals surface area contributed by atoms with Crippen molar-refractivity contribution in [3.8, 4) is 45.3 Å². The zero-order chi connectivity index (χ0) is 32.3. The number of hydrogen-bond donors (Lipinski definition) is 4. The molecule has 0 radical (unpaired) electrons. The lowest BCUT2D eigenvalue weighted by Gasteiger charge is -2.12. The Bertz CT molecular complexity index is 1800. The van der Waals surface area contributed by atoms with Crippen LogP contribution in [0.2, 0.25) is 0 Å². The quantitative estimate of drug-likeness (QED) is 0.116. The maximum atomic E-state index is 4.53. The molecule has 6 heteroatoms. The van der Waals surface area contributed by atoms with E-state index < -0.39 is 0 Å². The van der Waals surface area contributed by atoms with Crippen LogP contribution in [0.25, 0.3) is 45.3 Å². The Morgan fingerprint density at radius 2 is 1.13 bits per heavy atom. The van der Waals surface area contributed by atoms with Gasteiger partial charge < -0.3 is 20.6 Å². The van der Waals surface area contributed by atoms with Crippen LogP contribution in [0.3, 0.4) is 0 Å². The van der Waals surface area contributed by atoms with Crippen molar-refractivity contribution in [1.82, 2.24) is 30.6 Å². The summed E-state index contributed by atoms with van der Waals surface area (Å²) in [7, 11) is 0. The Labute approximate surface area is 279 Å². The lowest BCUT2D eigenvalue weighted by Crippen LogP contribution is -2.25. The van der Waals surface area contributed by atoms with E-state index in [9.17, 15) is 0 Å². The van der Waals surface area contributed by atoms with Crippen LogP contribution < -0.4 is 10.6 Å². The van der Waals surface area contributed by atoms with Crippen molar-refractivity contribution < 1.29 is 0 Å². The molecule has 4 N–H and O–H groups in total. The first-order chi connectivity index (χ1) is 23.1. The molecule has 6 nitrogen and oxygen atoms in total. The van der Waals surface area contributed by atoms with Crippen LogP contribution >= 0.6 is 0 Å². The van der Waals surface area contributed by atoms with Crippen molar-refractivity contribution in [3.05, 3.63) is 133 Å². The SMILES string of the molecule is CCC(C)NCc1cccc(-c2cnc(-c3ccccc3)[nH]2)c1.c1ccc(-c2ncc(-c3cccc(CNC4CCCC4)c3)[nH]2)cc1. The minimum Gasteiger partial charge on any atom is -0.338 e. The molecule has 7 rings (SSSR count). The van der Waals surface area contributed by atoms with Crippen LogP contribution in [0.4, 0.5) is 0 Å². The first kappa shape index (κ1) is 32.2. The number of nitrogens with one attached hydrogen (secondary N) is 4. The van der Waals surface area contributed by atoms with Crippen LogP contribution in [-0.4, -0.2) is 32.0 Å². The van der Waals surface area contributed by atoms with Crippen LogP contribution in [0.1, 0.15) is 57.1 Å². The molecule has 47 heavy (non-hydrogen) atoms. The van der Waals surface area contributed by atoms with Crippen molar-refractivity contribution in [3.63, 3.8) is 0 Å². The number of benzene rings is 4. The van der Waals surface area contributed by atoms with E-state index in [2.05, 4.69) is 117 Å². The Hall–Kier alpha value is -4.78. The summed E-state index contributed by atoms with van der Waals surface area (Å²) >= 11 is 0. The molecule has 2 heterocycles. The van der Waals surface area contributed by atoms with Gasteiger partial charge in [0.2, 0.25) is 0 Å². The molecule has 0 spiro atoms. The van der Waals surface area contributed by atoms with E-state index in [1.54, 1.807) is 0 Å². The summed E-state index contributed by atoms with van der Waals surface area (Å²) in [5.74, 6) is 1.82. The van der Waals surface area contributed by atoms with E-state index in [0.29, 0.717) is 12.1 Å². The fourth-order valence-corrected chi connectivity index (χ4v) is 5.95. The molecule has 1 unspecified atom stereocenters. The van der Waals surface area contributed by atoms with Gasteiger partial charge in [-0.3, -0.25) is 0 Å². The van der Waals surface area contributed by atoms with E-state index in [1.165, 1.54) is 47.9 Å². The number of nitrogens with zero attached hydrogens (tertiary/aromatic N) is 2. The topological polar surface area (TPSA) is 81.4 Å². The molecule has 0 bridgehead atoms. The van der Waals surface area contributed by atoms with Gasteiger partial charge in [-0.15, -0.1) is 0 Å². The number of aromatic amines is 2. The molecule has 0 saturated heterocycles. The number of imidazole rings is 2. The number of hydrogen-bond acceptors (Lipinski definition) is 4. The summed E-state index contributed by atoms with van der Waals surface area (Å²) in [6.07, 6.45) is 10.3. The third kappa shape index (κ3) is 8.94. The average molecular weight is 623 g/mol. The molecule has 6 aromatic rings. The molecule has 240 valence electrons. The van der Waals surface area contributed by atoms with Crippen molar-refractivity contribution in [1.29, 1.82) is 0 Å². The molecule has 0 aliphatic heterocycles. The lowest BCUT2D eigenvalue weighted by molar-refractivity contribution is 0.524. The highest BCUT2D eigenvalue weighted by molar-refractivity contribution is 5.66. The van der Waals surface area contributed by atoms with Crippen LogP contribution in [0.15, 0.2) is 122 Å². The largest absolute Gasteiger partial charge is 0.338 e. The third-order valence-electron chi connectivity index (χ3n) is 8.94. The monoisotopic (exact) mass is 622 g/mol. The maximum Gasteiger partial charge on any atom is 0.137 e. The maximum absolute atomic E-state index is 4.53. The summed E-state index contributed by atoms with van der Waals surface area (Å²) < 4.78 is 0. The van der Waals surface area contributed by atoms with Crippen LogP contribution in [0, 0.1) is 0 Å². The van der Waals surface area contributed by atoms with Gasteiger partial charge in [-0.1, -0.05) is 117 Å². The van der Waals surface area contributed by atoms with Gasteiger partial charge in [0.25, 0.3) is 0 Å². The lowest BCUT2D eigenvalue weighted by atomic mass is 10.1. The van der Waals surface area contributed by atoms with Gasteiger partial charge in [0.1, 0.15) is 11.6 Å². The molecule has 1 aliphatic carbocycles. The molecule has 1 fully saturated rings. The Kier molecular flexibility index (Phi) is 11.1. The van der Waals surface area contributed by atoms with Gasteiger partial charge in [0, 0.05) is 36.3 Å². The summed E-state index contributed by atoms with van der Waals surface area (Å²) in [6.45, 7) is 6.25. The van der Waals surface area contributed by atoms with Crippen LogP contribution in [0.5, 0.6) is 0 Å². The number of H-pyrrole nitrogens is 2. The van der Waals surface area contributed by atoms with E-state index in [1.807, 2.05) is 48.8 Å². The first-order valence-corrected chi connectivity index (χ1v) is 17.0. The summed E-state index contributed by atoms with van der Waals surface area (Å²) in [5.41, 5.74) is 9.31. The zero-order valence-corrected chi connectivity index (χ0v) is 27.5. The highest BCUT2D eigenvalue weighted by Gasteiger charge is 2.14. The minimum absolute atomic E-state index is 0.537. The van der Waals surface area contributed by atoms with Gasteiger partial charge in [0.15, 0.2) is 0 Å². The number of aromatic nitrogens is 4. The Morgan fingerprint density at radius 3 is 1.64 bits per heavy atom. The van der Waals surface area contributed by atoms with Gasteiger partial charge in [-0.25, -0.2) is 9.97 Å². The standard InChI is InChI=1S/C21H23N3.C20H23N3/c1-2-8-17(9-3-1)21-23-15-20(24-21)18-10-6-7-16(13-18)14-22-19-11-4-5-12-19;1-3-15(2)21-13-16-8-7-11-18(12-16)19-14-22-20(23-19)17-9-5-4-6-10-17/h1-3,6-10,13,15,19,22H,4-5,11-12,14H2,(H,23,24);4-12,14-15,21H,3,13H2,1-2H3,(H,22,23). The molecule has 1 saturated carbocycles. The van der Waals surface area contributed by atoms with Crippen molar-refractivity contribution in [2.75, 3.05) is 0 Å². The van der Waals surface area contributed by atoms with Crippen molar-refractivity contribution in [2.24, 2.45) is 0 Å². The van der Waals surface area contributed by atoms with E-state index >= 15 is 0 Å². The first-order valence-electron chi connectivity index (χ1n) is 17.0. The van der Waals surface area contributed by atoms with Crippen molar-refractivity contribution in [2.45, 2.75) is 71.1 Å². The van der Waals surface area contributed by atoms with Gasteiger partial charge in [-0.2, -0.15) is 0 Å². The summed E-state index contributed by atoms with van der Waals surface area (Å²) in [5, 5.41) is 7.21. The molecule has 4 aromatic carbocycles. The number of rotatable bonds is 11. The third-order valence-corrected chi connectivity index (χ3v) is 8.94. The second-order valence-corrected chi connectivity index (χ2v) is 12.5. The van der Waals surface area contributed by atoms with Crippen LogP contribution in [-0.2, 0) is 13.1 Å². The molecule has 1 aliphatic rings. The summed E-state index contributed by atoms with van der Waals surface area (Å²) in [6, 6.07) is 39.0. The van der Waals surface area contributed by atoms with E-state index in [-0.39, 0.29) is 0 Å². The predicted octanol–water partition coefficient (Wildman–Crippen LogP) is 9.41. The van der Waals surface area contributed by atoms with Gasteiger partial charge in [0.05, 0.1) is 23.8 Å². The van der Waals surface area contributed by atoms with Crippen molar-refractivity contribution >= 4 is 0 Å². The fourth-order valence-electron chi connectivity index (χ4n) is 5.95. The molecule has 0 amide bonds. The Morgan fingerprint density at radius 1 is 0.638 bits per heavy atom. The smallest absolute Gasteiger partial charge is 0.137 e. The van der Waals surface area contributed by atoms with Gasteiger partial charge >= 0.3 is 0 Å². The predicted molar refractivity (Wildman–Crippen MR) is 195 cm³/mol.